The van der Waals surface area contributed by atoms with Crippen LogP contribution in [-0.4, -0.2) is 11.5 Å². The van der Waals surface area contributed by atoms with Crippen molar-refractivity contribution in [1.29, 1.82) is 0 Å². The van der Waals surface area contributed by atoms with E-state index in [9.17, 15) is 9.18 Å². The smallest absolute Gasteiger partial charge is 0.132 e. The summed E-state index contributed by atoms with van der Waals surface area (Å²) in [4.78, 5) is 16.4. The number of aliphatic imine (C=N–C) groups is 1. The Morgan fingerprint density at radius 1 is 1.21 bits per heavy atom. The number of hydrogen-bond acceptors (Lipinski definition) is 3. The molecular weight excluding hydrogens is 375 g/mol. The Morgan fingerprint density at radius 3 is 2.64 bits per heavy atom. The standard InChI is InChI=1S/C23H28ClFN2O/c1-16(28)17-6-2-8-18(9-3-7-17)22-13-5-12-21(15-23(24)27-22)26-20-11-4-10-19(25)14-20/h4,10-12,14-15,17-18,26H,2-3,5-9,13H2,1H3/b21-12+,23-15-,27-22+. The molecule has 1 saturated carbocycles. The van der Waals surface area contributed by atoms with Crippen LogP contribution in [0.2, 0.25) is 0 Å². The van der Waals surface area contributed by atoms with E-state index in [-0.39, 0.29) is 11.7 Å². The Labute approximate surface area is 171 Å². The zero-order valence-corrected chi connectivity index (χ0v) is 17.1. The predicted octanol–water partition coefficient (Wildman–Crippen LogP) is 6.61. The highest BCUT2D eigenvalue weighted by Gasteiger charge is 2.23. The Hall–Kier alpha value is -1.94. The lowest BCUT2D eigenvalue weighted by atomic mass is 9.81. The van der Waals surface area contributed by atoms with Crippen molar-refractivity contribution in [1.82, 2.24) is 0 Å². The predicted molar refractivity (Wildman–Crippen MR) is 114 cm³/mol. The van der Waals surface area contributed by atoms with Gasteiger partial charge in [0.05, 0.1) is 0 Å². The molecule has 1 aromatic rings. The summed E-state index contributed by atoms with van der Waals surface area (Å²) in [6, 6.07) is 6.37. The van der Waals surface area contributed by atoms with Gasteiger partial charge in [-0.3, -0.25) is 4.79 Å². The third-order valence-corrected chi connectivity index (χ3v) is 5.85. The molecule has 0 atom stereocenters. The van der Waals surface area contributed by atoms with Gasteiger partial charge in [0.2, 0.25) is 0 Å². The van der Waals surface area contributed by atoms with Crippen molar-refractivity contribution in [3.8, 4) is 0 Å². The average molecular weight is 403 g/mol. The number of rotatable bonds is 4. The third kappa shape index (κ3) is 6.03. The maximum atomic E-state index is 13.4. The van der Waals surface area contributed by atoms with Crippen LogP contribution in [-0.2, 0) is 4.79 Å². The second-order valence-corrected chi connectivity index (χ2v) is 8.16. The van der Waals surface area contributed by atoms with Crippen LogP contribution in [0.4, 0.5) is 10.1 Å². The molecule has 0 aromatic heterocycles. The van der Waals surface area contributed by atoms with Crippen molar-refractivity contribution in [2.24, 2.45) is 16.8 Å². The summed E-state index contributed by atoms with van der Waals surface area (Å²) in [5.41, 5.74) is 2.70. The van der Waals surface area contributed by atoms with E-state index in [1.54, 1.807) is 19.1 Å². The molecule has 0 bridgehead atoms. The summed E-state index contributed by atoms with van der Waals surface area (Å²) in [5, 5.41) is 3.66. The molecule has 1 heterocycles. The van der Waals surface area contributed by atoms with E-state index in [0.717, 1.165) is 57.1 Å². The maximum absolute atomic E-state index is 13.4. The molecule has 1 aliphatic carbocycles. The van der Waals surface area contributed by atoms with Crippen molar-refractivity contribution >= 4 is 28.8 Å². The number of anilines is 1. The SMILES string of the molecule is CC(=O)C1CCCC(/C2=N/C(Cl)=C\C(Nc3cccc(F)c3)=C/CC2)CCC1. The fourth-order valence-electron chi connectivity index (χ4n) is 4.15. The Balaban J connectivity index is 1.66. The van der Waals surface area contributed by atoms with Gasteiger partial charge in [-0.25, -0.2) is 9.38 Å². The number of hydrogen-bond donors (Lipinski definition) is 1. The first-order valence-corrected chi connectivity index (χ1v) is 10.6. The minimum Gasteiger partial charge on any atom is -0.356 e. The topological polar surface area (TPSA) is 41.5 Å². The maximum Gasteiger partial charge on any atom is 0.132 e. The zero-order chi connectivity index (χ0) is 19.9. The van der Waals surface area contributed by atoms with Gasteiger partial charge >= 0.3 is 0 Å². The van der Waals surface area contributed by atoms with Crippen molar-refractivity contribution in [3.05, 3.63) is 53.1 Å². The summed E-state index contributed by atoms with van der Waals surface area (Å²) in [5.74, 6) is 0.739. The number of carbonyl (C=O) groups is 1. The average Bonchev–Trinajstić information content (AvgIpc) is 2.59. The highest BCUT2D eigenvalue weighted by molar-refractivity contribution is 6.30. The number of allylic oxidation sites excluding steroid dienone is 2. The van der Waals surface area contributed by atoms with Crippen LogP contribution in [0.3, 0.4) is 0 Å². The third-order valence-electron chi connectivity index (χ3n) is 5.66. The minimum atomic E-state index is -0.275. The lowest BCUT2D eigenvalue weighted by Gasteiger charge is -2.25. The molecule has 150 valence electrons. The second kappa shape index (κ2) is 10.0. The van der Waals surface area contributed by atoms with E-state index in [1.165, 1.54) is 17.8 Å². The van der Waals surface area contributed by atoms with E-state index in [2.05, 4.69) is 11.4 Å². The molecule has 0 amide bonds. The molecule has 1 fully saturated rings. The second-order valence-electron chi connectivity index (χ2n) is 7.77. The molecule has 0 radical (unpaired) electrons. The number of nitrogens with zero attached hydrogens (tertiary/aromatic N) is 1. The molecule has 3 nitrogen and oxygen atoms in total. The monoisotopic (exact) mass is 402 g/mol. The van der Waals surface area contributed by atoms with Crippen LogP contribution in [0.25, 0.3) is 0 Å². The molecule has 5 heteroatoms. The number of halogens is 2. The first-order valence-electron chi connectivity index (χ1n) is 10.2. The highest BCUT2D eigenvalue weighted by Crippen LogP contribution is 2.30. The van der Waals surface area contributed by atoms with Crippen LogP contribution in [0.5, 0.6) is 0 Å². The quantitative estimate of drug-likeness (QED) is 0.575. The fourth-order valence-corrected chi connectivity index (χ4v) is 4.38. The summed E-state index contributed by atoms with van der Waals surface area (Å²) >= 11 is 6.41. The van der Waals surface area contributed by atoms with Crippen molar-refractivity contribution in [2.45, 2.75) is 58.3 Å². The molecule has 2 aliphatic rings. The molecule has 0 saturated heterocycles. The minimum absolute atomic E-state index is 0.239. The van der Waals surface area contributed by atoms with Gasteiger partial charge in [-0.15, -0.1) is 0 Å². The van der Waals surface area contributed by atoms with E-state index in [4.69, 9.17) is 16.6 Å². The van der Waals surface area contributed by atoms with Crippen molar-refractivity contribution in [3.63, 3.8) is 0 Å². The molecular formula is C23H28ClFN2O. The van der Waals surface area contributed by atoms with Crippen molar-refractivity contribution in [2.75, 3.05) is 5.32 Å². The Morgan fingerprint density at radius 2 is 1.96 bits per heavy atom. The molecule has 0 spiro atoms. The molecule has 1 aliphatic heterocycles. The highest BCUT2D eigenvalue weighted by atomic mass is 35.5. The number of carbonyl (C=O) groups excluding carboxylic acids is 1. The van der Waals surface area contributed by atoms with Crippen LogP contribution >= 0.6 is 11.6 Å². The molecule has 0 unspecified atom stereocenters. The van der Waals surface area contributed by atoms with E-state index < -0.39 is 0 Å². The van der Waals surface area contributed by atoms with Crippen LogP contribution in [0, 0.1) is 17.7 Å². The summed E-state index contributed by atoms with van der Waals surface area (Å²) < 4.78 is 13.4. The Bertz CT molecular complexity index is 790. The van der Waals surface area contributed by atoms with Gasteiger partial charge in [-0.05, 0) is 75.6 Å². The number of benzene rings is 1. The first-order chi connectivity index (χ1) is 13.5. The van der Waals surface area contributed by atoms with Gasteiger partial charge in [0.15, 0.2) is 0 Å². The van der Waals surface area contributed by atoms with Crippen molar-refractivity contribution < 1.29 is 9.18 Å². The summed E-state index contributed by atoms with van der Waals surface area (Å²) in [6.45, 7) is 1.72. The van der Waals surface area contributed by atoms with E-state index in [1.807, 2.05) is 6.07 Å². The lowest BCUT2D eigenvalue weighted by molar-refractivity contribution is -0.121. The fraction of sp³-hybridized carbons (Fsp3) is 0.478. The van der Waals surface area contributed by atoms with E-state index >= 15 is 0 Å². The normalized spacial score (nSPS) is 29.5. The number of Topliss-reactive ketones (excluding diaryl/α,β-unsaturated/α-hetero) is 1. The zero-order valence-electron chi connectivity index (χ0n) is 16.4. The van der Waals surface area contributed by atoms with Crippen LogP contribution < -0.4 is 5.32 Å². The number of nitrogens with one attached hydrogen (secondary N) is 1. The van der Waals surface area contributed by atoms with Gasteiger partial charge in [-0.1, -0.05) is 36.6 Å². The van der Waals surface area contributed by atoms with Crippen LogP contribution in [0.1, 0.15) is 58.3 Å². The molecule has 1 aromatic carbocycles. The lowest BCUT2D eigenvalue weighted by Crippen LogP contribution is -2.20. The summed E-state index contributed by atoms with van der Waals surface area (Å²) in [7, 11) is 0. The molecule has 3 rings (SSSR count). The Kier molecular flexibility index (Phi) is 7.43. The number of ketones is 1. The van der Waals surface area contributed by atoms with Gasteiger partial charge in [0.25, 0.3) is 0 Å². The first kappa shape index (κ1) is 20.8. The van der Waals surface area contributed by atoms with Crippen LogP contribution in [0.15, 0.2) is 52.3 Å². The molecule has 28 heavy (non-hydrogen) atoms. The van der Waals surface area contributed by atoms with E-state index in [0.29, 0.717) is 22.5 Å². The van der Waals surface area contributed by atoms with Gasteiger partial charge in [0, 0.05) is 23.0 Å². The van der Waals surface area contributed by atoms with Gasteiger partial charge in [-0.2, -0.15) is 0 Å². The molecule has 1 N–H and O–H groups in total. The summed E-state index contributed by atoms with van der Waals surface area (Å²) in [6.07, 6.45) is 11.9. The largest absolute Gasteiger partial charge is 0.356 e. The van der Waals surface area contributed by atoms with Gasteiger partial charge < -0.3 is 5.32 Å². The van der Waals surface area contributed by atoms with Gasteiger partial charge in [0.1, 0.15) is 16.8 Å².